The second kappa shape index (κ2) is 9.65. The first kappa shape index (κ1) is 23.4. The Bertz CT molecular complexity index is 1230. The minimum Gasteiger partial charge on any atom is -0.351 e. The highest BCUT2D eigenvalue weighted by atomic mass is 35.5. The van der Waals surface area contributed by atoms with E-state index in [1.165, 1.54) is 6.08 Å². The minimum absolute atomic E-state index is 0.0592. The number of amides is 3. The molecular weight excluding hydrogens is 454 g/mol. The van der Waals surface area contributed by atoms with Gasteiger partial charge in [0.1, 0.15) is 17.5 Å². The minimum atomic E-state index is -0.849. The number of nitrogens with one attached hydrogen (secondary N) is 2. The summed E-state index contributed by atoms with van der Waals surface area (Å²) in [6, 6.07) is 11.8. The van der Waals surface area contributed by atoms with E-state index < -0.39 is 23.8 Å². The number of carbonyl (C=O) groups is 4. The van der Waals surface area contributed by atoms with Crippen LogP contribution in [0, 0.1) is 6.92 Å². The molecule has 0 radical (unpaired) electrons. The molecule has 0 saturated carbocycles. The highest BCUT2D eigenvalue weighted by Gasteiger charge is 2.41. The first-order valence-electron chi connectivity index (χ1n) is 10.9. The smallest absolute Gasteiger partial charge is 0.278 e. The topological polar surface area (TPSA) is 95.6 Å². The maximum atomic E-state index is 12.8. The number of benzene rings is 2. The largest absolute Gasteiger partial charge is 0.351 e. The summed E-state index contributed by atoms with van der Waals surface area (Å²) >= 11 is 6.14. The van der Waals surface area contributed by atoms with Crippen molar-refractivity contribution in [3.8, 4) is 0 Å². The van der Waals surface area contributed by atoms with Crippen molar-refractivity contribution in [1.29, 1.82) is 0 Å². The summed E-state index contributed by atoms with van der Waals surface area (Å²) in [6.07, 6.45) is 2.61. The Hall–Kier alpha value is -3.71. The molecule has 2 heterocycles. The van der Waals surface area contributed by atoms with Gasteiger partial charge in [-0.3, -0.25) is 24.1 Å². The van der Waals surface area contributed by atoms with Crippen LogP contribution in [0.3, 0.4) is 0 Å². The highest BCUT2D eigenvalue weighted by Crippen LogP contribution is 2.24. The molecule has 2 aliphatic rings. The number of allylic oxidation sites excluding steroid dienone is 1. The van der Waals surface area contributed by atoms with Crippen LogP contribution in [0.4, 0.5) is 5.69 Å². The van der Waals surface area contributed by atoms with Crippen LogP contribution in [-0.4, -0.2) is 34.4 Å². The normalized spacial score (nSPS) is 18.1. The number of ketones is 1. The number of anilines is 1. The van der Waals surface area contributed by atoms with Crippen molar-refractivity contribution in [2.75, 3.05) is 5.32 Å². The Kier molecular flexibility index (Phi) is 6.65. The molecule has 0 aromatic heterocycles. The molecule has 0 aliphatic carbocycles. The number of nitrogens with zero attached hydrogens (tertiary/aromatic N) is 1. The molecule has 1 unspecified atom stereocenters. The quantitative estimate of drug-likeness (QED) is 0.595. The van der Waals surface area contributed by atoms with Crippen LogP contribution in [-0.2, 0) is 32.0 Å². The van der Waals surface area contributed by atoms with Crippen molar-refractivity contribution in [3.63, 3.8) is 0 Å². The van der Waals surface area contributed by atoms with E-state index in [9.17, 15) is 19.2 Å². The van der Waals surface area contributed by atoms with Crippen molar-refractivity contribution in [2.24, 2.45) is 0 Å². The molecule has 7 nitrogen and oxygen atoms in total. The van der Waals surface area contributed by atoms with Crippen molar-refractivity contribution in [3.05, 3.63) is 88.2 Å². The molecule has 1 fully saturated rings. The van der Waals surface area contributed by atoms with Gasteiger partial charge >= 0.3 is 0 Å². The lowest BCUT2D eigenvalue weighted by Crippen LogP contribution is -2.52. The molecule has 174 valence electrons. The molecule has 0 bridgehead atoms. The standard InChI is InChI=1S/C26H24ClN3O4/c1-15-3-5-18(13-21(15)27)12-20(31)11-17-6-8-19(9-7-17)29-22-14-24(32)30(26(22)34)23-10-4-16(2)28-25(23)33/h3,5-9,13-14,23,29H,2,4,10-12H2,1H3,(H,28,33). The van der Waals surface area contributed by atoms with Gasteiger partial charge in [-0.2, -0.15) is 0 Å². The van der Waals surface area contributed by atoms with Gasteiger partial charge in [0, 0.05) is 35.3 Å². The van der Waals surface area contributed by atoms with Crippen LogP contribution in [0.1, 0.15) is 29.5 Å². The van der Waals surface area contributed by atoms with E-state index in [0.29, 0.717) is 35.7 Å². The summed E-state index contributed by atoms with van der Waals surface area (Å²) in [4.78, 5) is 50.9. The molecule has 2 aromatic rings. The predicted molar refractivity (Wildman–Crippen MR) is 129 cm³/mol. The molecule has 8 heteroatoms. The van der Waals surface area contributed by atoms with E-state index >= 15 is 0 Å². The van der Waals surface area contributed by atoms with Crippen molar-refractivity contribution < 1.29 is 19.2 Å². The zero-order valence-electron chi connectivity index (χ0n) is 18.7. The first-order valence-corrected chi connectivity index (χ1v) is 11.3. The van der Waals surface area contributed by atoms with E-state index in [4.69, 9.17) is 11.6 Å². The number of Topliss-reactive ketones (excluding diaryl/α,β-unsaturated/α-hetero) is 1. The molecule has 4 rings (SSSR count). The zero-order valence-corrected chi connectivity index (χ0v) is 19.4. The second-order valence-electron chi connectivity index (χ2n) is 8.52. The third-order valence-corrected chi connectivity index (χ3v) is 6.27. The van der Waals surface area contributed by atoms with Gasteiger partial charge in [-0.15, -0.1) is 0 Å². The third kappa shape index (κ3) is 5.10. The summed E-state index contributed by atoms with van der Waals surface area (Å²) in [6.45, 7) is 5.63. The Morgan fingerprint density at radius 3 is 2.47 bits per heavy atom. The lowest BCUT2D eigenvalue weighted by atomic mass is 10.0. The molecule has 2 aromatic carbocycles. The molecule has 1 atom stereocenters. The Labute approximate surface area is 202 Å². The predicted octanol–water partition coefficient (Wildman–Crippen LogP) is 3.46. The fourth-order valence-electron chi connectivity index (χ4n) is 4.00. The molecule has 2 aliphatic heterocycles. The monoisotopic (exact) mass is 477 g/mol. The van der Waals surface area contributed by atoms with Gasteiger partial charge in [0.05, 0.1) is 0 Å². The van der Waals surface area contributed by atoms with E-state index in [1.54, 1.807) is 24.3 Å². The fourth-order valence-corrected chi connectivity index (χ4v) is 4.21. The van der Waals surface area contributed by atoms with Gasteiger partial charge in [0.25, 0.3) is 11.8 Å². The average Bonchev–Trinajstić information content (AvgIpc) is 3.05. The van der Waals surface area contributed by atoms with E-state index in [2.05, 4.69) is 17.2 Å². The van der Waals surface area contributed by atoms with Gasteiger partial charge in [-0.25, -0.2) is 0 Å². The number of imide groups is 1. The van der Waals surface area contributed by atoms with Crippen molar-refractivity contribution in [1.82, 2.24) is 10.2 Å². The van der Waals surface area contributed by atoms with Gasteiger partial charge in [-0.1, -0.05) is 42.4 Å². The molecule has 0 spiro atoms. The Morgan fingerprint density at radius 1 is 1.12 bits per heavy atom. The summed E-state index contributed by atoms with van der Waals surface area (Å²) in [5, 5.41) is 6.18. The van der Waals surface area contributed by atoms with Crippen LogP contribution < -0.4 is 10.6 Å². The van der Waals surface area contributed by atoms with Gasteiger partial charge in [0.15, 0.2) is 0 Å². The molecule has 1 saturated heterocycles. The first-order chi connectivity index (χ1) is 16.2. The maximum absolute atomic E-state index is 12.8. The summed E-state index contributed by atoms with van der Waals surface area (Å²) in [5.74, 6) is -1.43. The number of halogens is 1. The average molecular weight is 478 g/mol. The Morgan fingerprint density at radius 2 is 1.79 bits per heavy atom. The summed E-state index contributed by atoms with van der Waals surface area (Å²) in [7, 11) is 0. The van der Waals surface area contributed by atoms with E-state index in [1.807, 2.05) is 25.1 Å². The van der Waals surface area contributed by atoms with Crippen LogP contribution in [0.5, 0.6) is 0 Å². The number of hydrogen-bond acceptors (Lipinski definition) is 5. The van der Waals surface area contributed by atoms with E-state index in [0.717, 1.165) is 21.6 Å². The van der Waals surface area contributed by atoms with Gasteiger partial charge < -0.3 is 10.6 Å². The van der Waals surface area contributed by atoms with Crippen LogP contribution in [0.25, 0.3) is 0 Å². The number of aryl methyl sites for hydroxylation is 1. The zero-order chi connectivity index (χ0) is 24.4. The highest BCUT2D eigenvalue weighted by molar-refractivity contribution is 6.31. The molecule has 2 N–H and O–H groups in total. The third-order valence-electron chi connectivity index (χ3n) is 5.86. The second-order valence-corrected chi connectivity index (χ2v) is 8.92. The number of piperidine rings is 1. The van der Waals surface area contributed by atoms with Gasteiger partial charge in [0.2, 0.25) is 5.91 Å². The summed E-state index contributed by atoms with van der Waals surface area (Å²) in [5.41, 5.74) is 3.94. The maximum Gasteiger partial charge on any atom is 0.278 e. The van der Waals surface area contributed by atoms with E-state index in [-0.39, 0.29) is 17.9 Å². The lowest BCUT2D eigenvalue weighted by molar-refractivity contribution is -0.146. The Balaban J connectivity index is 1.35. The number of rotatable bonds is 7. The number of hydrogen-bond donors (Lipinski definition) is 2. The fraction of sp³-hybridized carbons (Fsp3) is 0.231. The SMILES string of the molecule is C=C1CCC(N2C(=O)C=C(Nc3ccc(CC(=O)Cc4ccc(C)c(Cl)c4)cc3)C2=O)C(=O)N1. The van der Waals surface area contributed by atoms with Crippen molar-refractivity contribution >= 4 is 40.8 Å². The van der Waals surface area contributed by atoms with Gasteiger partial charge in [-0.05, 0) is 54.7 Å². The number of carbonyl (C=O) groups excluding carboxylic acids is 4. The lowest BCUT2D eigenvalue weighted by Gasteiger charge is -2.29. The van der Waals surface area contributed by atoms with Crippen molar-refractivity contribution in [2.45, 2.75) is 38.6 Å². The molecule has 3 amide bonds. The van der Waals surface area contributed by atoms with Crippen LogP contribution in [0.15, 0.2) is 66.5 Å². The molecule has 34 heavy (non-hydrogen) atoms. The van der Waals surface area contributed by atoms with Crippen LogP contribution >= 0.6 is 11.6 Å². The summed E-state index contributed by atoms with van der Waals surface area (Å²) < 4.78 is 0. The van der Waals surface area contributed by atoms with Crippen LogP contribution in [0.2, 0.25) is 5.02 Å². The molecular formula is C26H24ClN3O4.